The molecule has 2 heterocycles. The summed E-state index contributed by atoms with van der Waals surface area (Å²) in [6.45, 7) is 1.90. The van der Waals surface area contributed by atoms with Gasteiger partial charge in [0.15, 0.2) is 11.0 Å². The van der Waals surface area contributed by atoms with Crippen LogP contribution in [0.15, 0.2) is 40.0 Å². The Morgan fingerprint density at radius 2 is 2.04 bits per heavy atom. The zero-order chi connectivity index (χ0) is 17.2. The van der Waals surface area contributed by atoms with E-state index in [1.807, 2.05) is 37.3 Å². The van der Waals surface area contributed by atoms with Gasteiger partial charge in [-0.2, -0.15) is 0 Å². The van der Waals surface area contributed by atoms with E-state index >= 15 is 0 Å². The number of hydrogen-bond acceptors (Lipinski definition) is 5. The van der Waals surface area contributed by atoms with E-state index < -0.39 is 0 Å². The van der Waals surface area contributed by atoms with Crippen LogP contribution < -0.4 is 0 Å². The van der Waals surface area contributed by atoms with Crippen molar-refractivity contribution < 1.29 is 4.52 Å². The van der Waals surface area contributed by atoms with Crippen molar-refractivity contribution in [2.24, 2.45) is 0 Å². The first-order valence-corrected chi connectivity index (χ1v) is 9.83. The molecule has 1 fully saturated rings. The molecule has 1 aliphatic carbocycles. The Hall–Kier alpha value is -1.79. The number of nitrogens with zero attached hydrogens (tertiary/aromatic N) is 4. The van der Waals surface area contributed by atoms with Gasteiger partial charge in [0, 0.05) is 23.4 Å². The minimum absolute atomic E-state index is 0.433. The Bertz CT molecular complexity index is 870. The van der Waals surface area contributed by atoms with Crippen LogP contribution in [0.2, 0.25) is 5.02 Å². The molecule has 0 aliphatic heterocycles. The van der Waals surface area contributed by atoms with Crippen molar-refractivity contribution in [2.45, 2.75) is 49.6 Å². The highest BCUT2D eigenvalue weighted by atomic mass is 35.5. The average Bonchev–Trinajstić information content (AvgIpc) is 3.33. The van der Waals surface area contributed by atoms with Gasteiger partial charge in [-0.25, -0.2) is 0 Å². The smallest absolute Gasteiger partial charge is 0.192 e. The van der Waals surface area contributed by atoms with Crippen molar-refractivity contribution in [1.82, 2.24) is 19.9 Å². The maximum Gasteiger partial charge on any atom is 0.192 e. The quantitative estimate of drug-likeness (QED) is 0.567. The van der Waals surface area contributed by atoms with Crippen LogP contribution in [0.4, 0.5) is 0 Å². The first-order valence-electron chi connectivity index (χ1n) is 8.47. The van der Waals surface area contributed by atoms with Gasteiger partial charge in [0.1, 0.15) is 5.76 Å². The molecule has 3 aromatic rings. The number of thioether (sulfide) groups is 1. The van der Waals surface area contributed by atoms with Crippen LogP contribution in [0.1, 0.15) is 43.2 Å². The lowest BCUT2D eigenvalue weighted by atomic mass is 10.2. The normalized spacial score (nSPS) is 15.1. The highest BCUT2D eigenvalue weighted by Crippen LogP contribution is 2.38. The summed E-state index contributed by atoms with van der Waals surface area (Å²) in [6.07, 6.45) is 4.81. The Morgan fingerprint density at radius 3 is 2.76 bits per heavy atom. The lowest BCUT2D eigenvalue weighted by Gasteiger charge is -2.17. The molecule has 0 amide bonds. The molecule has 130 valence electrons. The van der Waals surface area contributed by atoms with Gasteiger partial charge in [0.2, 0.25) is 0 Å². The summed E-state index contributed by atoms with van der Waals surface area (Å²) in [5.41, 5.74) is 1.86. The highest BCUT2D eigenvalue weighted by Gasteiger charge is 2.25. The predicted molar refractivity (Wildman–Crippen MR) is 98.8 cm³/mol. The summed E-state index contributed by atoms with van der Waals surface area (Å²) in [7, 11) is 0. The summed E-state index contributed by atoms with van der Waals surface area (Å²) < 4.78 is 7.42. The van der Waals surface area contributed by atoms with E-state index in [9.17, 15) is 0 Å². The molecular weight excluding hydrogens is 356 g/mol. The van der Waals surface area contributed by atoms with E-state index in [1.165, 1.54) is 12.8 Å². The van der Waals surface area contributed by atoms with Crippen LogP contribution in [-0.2, 0) is 5.75 Å². The monoisotopic (exact) mass is 374 g/mol. The number of benzene rings is 1. The minimum atomic E-state index is 0.433. The lowest BCUT2D eigenvalue weighted by molar-refractivity contribution is 0.393. The minimum Gasteiger partial charge on any atom is -0.361 e. The first-order chi connectivity index (χ1) is 12.2. The van der Waals surface area contributed by atoms with Crippen molar-refractivity contribution in [3.05, 3.63) is 46.8 Å². The second-order valence-electron chi connectivity index (χ2n) is 6.31. The van der Waals surface area contributed by atoms with E-state index in [0.29, 0.717) is 16.8 Å². The van der Waals surface area contributed by atoms with E-state index in [1.54, 1.807) is 11.8 Å². The molecule has 0 N–H and O–H groups in total. The average molecular weight is 375 g/mol. The number of rotatable bonds is 5. The van der Waals surface area contributed by atoms with E-state index in [2.05, 4.69) is 19.9 Å². The zero-order valence-corrected chi connectivity index (χ0v) is 15.6. The topological polar surface area (TPSA) is 56.7 Å². The van der Waals surface area contributed by atoms with Crippen LogP contribution in [0.5, 0.6) is 0 Å². The van der Waals surface area contributed by atoms with Crippen molar-refractivity contribution in [3.8, 4) is 11.4 Å². The van der Waals surface area contributed by atoms with E-state index in [4.69, 9.17) is 16.1 Å². The maximum atomic E-state index is 6.41. The van der Waals surface area contributed by atoms with Crippen LogP contribution >= 0.6 is 23.4 Å². The van der Waals surface area contributed by atoms with Gasteiger partial charge < -0.3 is 4.52 Å². The SMILES string of the molecule is Cc1cc(CSc2nnc(-c3ccccc3Cl)n2C2CCCC2)no1. The fourth-order valence-electron chi connectivity index (χ4n) is 3.32. The Morgan fingerprint density at radius 1 is 1.24 bits per heavy atom. The summed E-state index contributed by atoms with van der Waals surface area (Å²) in [4.78, 5) is 0. The van der Waals surface area contributed by atoms with E-state index in [0.717, 1.165) is 40.8 Å². The Kier molecular flexibility index (Phi) is 4.81. The number of halogens is 1. The van der Waals surface area contributed by atoms with Crippen LogP contribution in [0, 0.1) is 6.92 Å². The maximum absolute atomic E-state index is 6.41. The fourth-order valence-corrected chi connectivity index (χ4v) is 4.42. The van der Waals surface area contributed by atoms with Crippen LogP contribution in [-0.4, -0.2) is 19.9 Å². The van der Waals surface area contributed by atoms with Gasteiger partial charge in [-0.15, -0.1) is 10.2 Å². The molecule has 1 aliphatic rings. The van der Waals surface area contributed by atoms with Gasteiger partial charge in [0.25, 0.3) is 0 Å². The largest absolute Gasteiger partial charge is 0.361 e. The van der Waals surface area contributed by atoms with Gasteiger partial charge in [-0.1, -0.05) is 53.5 Å². The number of aromatic nitrogens is 4. The molecule has 7 heteroatoms. The summed E-state index contributed by atoms with van der Waals surface area (Å²) in [5, 5.41) is 14.6. The highest BCUT2D eigenvalue weighted by molar-refractivity contribution is 7.98. The molecule has 2 aromatic heterocycles. The van der Waals surface area contributed by atoms with Crippen molar-refractivity contribution in [2.75, 3.05) is 0 Å². The molecule has 0 unspecified atom stereocenters. The Balaban J connectivity index is 1.68. The standard InChI is InChI=1S/C18H19ClN4OS/c1-12-10-13(22-24-12)11-25-18-21-20-17(15-8-4-5-9-16(15)19)23(18)14-6-2-3-7-14/h4-5,8-10,14H,2-3,6-7,11H2,1H3. The molecule has 0 saturated heterocycles. The molecular formula is C18H19ClN4OS. The Labute approximate surface area is 155 Å². The molecule has 4 rings (SSSR count). The van der Waals surface area contributed by atoms with Gasteiger partial charge in [0.05, 0.1) is 10.7 Å². The summed E-state index contributed by atoms with van der Waals surface area (Å²) in [5.74, 6) is 2.39. The first kappa shape index (κ1) is 16.7. The molecule has 1 saturated carbocycles. The fraction of sp³-hybridized carbons (Fsp3) is 0.389. The second-order valence-corrected chi connectivity index (χ2v) is 7.66. The molecule has 25 heavy (non-hydrogen) atoms. The van der Waals surface area contributed by atoms with Crippen molar-refractivity contribution in [1.29, 1.82) is 0 Å². The molecule has 0 atom stereocenters. The number of hydrogen-bond donors (Lipinski definition) is 0. The molecule has 0 spiro atoms. The van der Waals surface area contributed by atoms with E-state index in [-0.39, 0.29) is 0 Å². The van der Waals surface area contributed by atoms with Crippen molar-refractivity contribution in [3.63, 3.8) is 0 Å². The van der Waals surface area contributed by atoms with Gasteiger partial charge in [-0.3, -0.25) is 4.57 Å². The third-order valence-corrected chi connectivity index (χ3v) is 5.80. The summed E-state index contributed by atoms with van der Waals surface area (Å²) >= 11 is 8.06. The summed E-state index contributed by atoms with van der Waals surface area (Å²) in [6, 6.07) is 10.2. The van der Waals surface area contributed by atoms with Crippen molar-refractivity contribution >= 4 is 23.4 Å². The molecule has 1 aromatic carbocycles. The zero-order valence-electron chi connectivity index (χ0n) is 14.0. The van der Waals surface area contributed by atoms with Gasteiger partial charge >= 0.3 is 0 Å². The predicted octanol–water partition coefficient (Wildman–Crippen LogP) is 5.30. The van der Waals surface area contributed by atoms with Crippen LogP contribution in [0.3, 0.4) is 0 Å². The third-order valence-electron chi connectivity index (χ3n) is 4.50. The number of aryl methyl sites for hydroxylation is 1. The van der Waals surface area contributed by atoms with Gasteiger partial charge in [-0.05, 0) is 31.9 Å². The third kappa shape index (κ3) is 3.46. The lowest BCUT2D eigenvalue weighted by Crippen LogP contribution is -2.08. The second kappa shape index (κ2) is 7.22. The molecule has 0 bridgehead atoms. The molecule has 0 radical (unpaired) electrons. The van der Waals surface area contributed by atoms with Crippen LogP contribution in [0.25, 0.3) is 11.4 Å². The molecule has 5 nitrogen and oxygen atoms in total.